The van der Waals surface area contributed by atoms with E-state index in [0.29, 0.717) is 0 Å². The van der Waals surface area contributed by atoms with E-state index in [2.05, 4.69) is 38.7 Å². The van der Waals surface area contributed by atoms with Crippen LogP contribution in [0.15, 0.2) is 10.5 Å². The summed E-state index contributed by atoms with van der Waals surface area (Å²) in [6, 6.07) is 2.41. The molecule has 0 amide bonds. The molecule has 2 aromatic heterocycles. The number of nitrogens with two attached hydrogens (primary N) is 1. The van der Waals surface area contributed by atoms with Gasteiger partial charge in [-0.05, 0) is 67.1 Å². The van der Waals surface area contributed by atoms with Crippen LogP contribution in [-0.2, 0) is 25.8 Å². The van der Waals surface area contributed by atoms with Gasteiger partial charge in [-0.25, -0.2) is 0 Å². The molecule has 2 heterocycles. The van der Waals surface area contributed by atoms with E-state index >= 15 is 0 Å². The Balaban J connectivity index is 1.83. The summed E-state index contributed by atoms with van der Waals surface area (Å²) in [7, 11) is 0. The number of rotatable bonds is 4. The minimum absolute atomic E-state index is 0.0679. The zero-order chi connectivity index (χ0) is 15.0. The lowest BCUT2D eigenvalue weighted by Gasteiger charge is -2.11. The Morgan fingerprint density at radius 2 is 2.19 bits per heavy atom. The van der Waals surface area contributed by atoms with Crippen molar-refractivity contribution in [3.8, 4) is 0 Å². The van der Waals surface area contributed by atoms with E-state index in [1.807, 2.05) is 18.3 Å². The average Bonchev–Trinajstić information content (AvgIpc) is 3.03. The number of thiophene rings is 1. The lowest BCUT2D eigenvalue weighted by Crippen LogP contribution is -2.15. The van der Waals surface area contributed by atoms with Crippen molar-refractivity contribution < 1.29 is 0 Å². The second kappa shape index (κ2) is 6.23. The van der Waals surface area contributed by atoms with Crippen LogP contribution < -0.4 is 5.73 Å². The fourth-order valence-electron chi connectivity index (χ4n) is 3.07. The predicted octanol–water partition coefficient (Wildman–Crippen LogP) is 4.16. The minimum atomic E-state index is 0.0679. The zero-order valence-electron chi connectivity index (χ0n) is 12.7. The van der Waals surface area contributed by atoms with E-state index in [4.69, 9.17) is 5.73 Å². The van der Waals surface area contributed by atoms with Crippen LogP contribution in [0.4, 0.5) is 0 Å². The van der Waals surface area contributed by atoms with Crippen LogP contribution in [0.3, 0.4) is 0 Å². The molecule has 1 aliphatic rings. The average molecular weight is 368 g/mol. The first-order chi connectivity index (χ1) is 10.1. The van der Waals surface area contributed by atoms with Gasteiger partial charge >= 0.3 is 0 Å². The van der Waals surface area contributed by atoms with Gasteiger partial charge in [-0.1, -0.05) is 0 Å². The van der Waals surface area contributed by atoms with Crippen molar-refractivity contribution in [2.75, 3.05) is 0 Å². The van der Waals surface area contributed by atoms with E-state index in [1.165, 1.54) is 41.8 Å². The number of fused-ring (bicyclic) bond motifs is 1. The molecule has 0 saturated heterocycles. The van der Waals surface area contributed by atoms with Crippen molar-refractivity contribution >= 4 is 27.3 Å². The maximum Gasteiger partial charge on any atom is 0.0738 e. The molecular weight excluding hydrogens is 346 g/mol. The van der Waals surface area contributed by atoms with Gasteiger partial charge in [0.05, 0.1) is 15.9 Å². The molecule has 3 nitrogen and oxygen atoms in total. The van der Waals surface area contributed by atoms with Gasteiger partial charge in [0.25, 0.3) is 0 Å². The summed E-state index contributed by atoms with van der Waals surface area (Å²) in [4.78, 5) is 2.89. The van der Waals surface area contributed by atoms with Crippen molar-refractivity contribution in [3.63, 3.8) is 0 Å². The molecule has 0 radical (unpaired) electrons. The normalized spacial score (nSPS) is 16.0. The van der Waals surface area contributed by atoms with Gasteiger partial charge in [0, 0.05) is 28.8 Å². The fourth-order valence-corrected chi connectivity index (χ4v) is 4.77. The largest absolute Gasteiger partial charge is 0.323 e. The molecule has 1 unspecified atom stereocenters. The fraction of sp³-hybridized carbons (Fsp3) is 0.562. The third-order valence-corrected chi connectivity index (χ3v) is 6.65. The Bertz CT molecular complexity index is 621. The zero-order valence-corrected chi connectivity index (χ0v) is 15.1. The molecule has 2 N–H and O–H groups in total. The highest BCUT2D eigenvalue weighted by Crippen LogP contribution is 2.34. The Labute approximate surface area is 138 Å². The first kappa shape index (κ1) is 15.3. The minimum Gasteiger partial charge on any atom is -0.323 e. The van der Waals surface area contributed by atoms with Gasteiger partial charge in [-0.2, -0.15) is 5.10 Å². The molecule has 0 fully saturated rings. The van der Waals surface area contributed by atoms with Gasteiger partial charge in [0.2, 0.25) is 0 Å². The summed E-state index contributed by atoms with van der Waals surface area (Å²) in [5.74, 6) is 0. The van der Waals surface area contributed by atoms with Crippen molar-refractivity contribution in [3.05, 3.63) is 37.2 Å². The standard InChI is InChI=1S/C16H22BrN3S/c1-3-20-13(16(17)10(2)19-20)9-12(18)15-8-11-6-4-5-7-14(11)21-15/h8,12H,3-7,9,18H2,1-2H3. The van der Waals surface area contributed by atoms with Crippen LogP contribution in [0.2, 0.25) is 0 Å². The molecule has 2 aromatic rings. The highest BCUT2D eigenvalue weighted by molar-refractivity contribution is 9.10. The number of nitrogens with zero attached hydrogens (tertiary/aromatic N) is 2. The molecule has 1 aliphatic carbocycles. The predicted molar refractivity (Wildman–Crippen MR) is 91.9 cm³/mol. The van der Waals surface area contributed by atoms with Gasteiger partial charge in [-0.3, -0.25) is 4.68 Å². The summed E-state index contributed by atoms with van der Waals surface area (Å²) in [6.45, 7) is 5.04. The van der Waals surface area contributed by atoms with E-state index < -0.39 is 0 Å². The molecule has 21 heavy (non-hydrogen) atoms. The molecule has 0 aliphatic heterocycles. The Morgan fingerprint density at radius 1 is 1.43 bits per heavy atom. The second-order valence-corrected chi connectivity index (χ2v) is 7.74. The van der Waals surface area contributed by atoms with Crippen molar-refractivity contribution in [1.82, 2.24) is 9.78 Å². The second-order valence-electron chi connectivity index (χ2n) is 5.78. The van der Waals surface area contributed by atoms with Gasteiger partial charge < -0.3 is 5.73 Å². The van der Waals surface area contributed by atoms with Crippen LogP contribution in [0.5, 0.6) is 0 Å². The Morgan fingerprint density at radius 3 is 2.90 bits per heavy atom. The molecule has 0 aromatic carbocycles. The van der Waals surface area contributed by atoms with Crippen molar-refractivity contribution in [2.45, 2.75) is 58.5 Å². The molecule has 0 bridgehead atoms. The molecular formula is C16H22BrN3S. The molecule has 0 spiro atoms. The maximum absolute atomic E-state index is 6.49. The Hall–Kier alpha value is -0.650. The summed E-state index contributed by atoms with van der Waals surface area (Å²) >= 11 is 5.58. The highest BCUT2D eigenvalue weighted by Gasteiger charge is 2.20. The molecule has 114 valence electrons. The first-order valence-corrected chi connectivity index (χ1v) is 9.30. The van der Waals surface area contributed by atoms with E-state index in [9.17, 15) is 0 Å². The van der Waals surface area contributed by atoms with Crippen LogP contribution in [0.1, 0.15) is 52.5 Å². The summed E-state index contributed by atoms with van der Waals surface area (Å²) in [5.41, 5.74) is 10.3. The molecule has 3 rings (SSSR count). The first-order valence-electron chi connectivity index (χ1n) is 7.69. The van der Waals surface area contributed by atoms with Crippen LogP contribution in [0, 0.1) is 6.92 Å². The van der Waals surface area contributed by atoms with Crippen LogP contribution >= 0.6 is 27.3 Å². The van der Waals surface area contributed by atoms with Gasteiger partial charge in [0.15, 0.2) is 0 Å². The molecule has 0 saturated carbocycles. The van der Waals surface area contributed by atoms with Crippen LogP contribution in [-0.4, -0.2) is 9.78 Å². The van der Waals surface area contributed by atoms with Crippen LogP contribution in [0.25, 0.3) is 0 Å². The number of aromatic nitrogens is 2. The van der Waals surface area contributed by atoms with Gasteiger partial charge in [0.1, 0.15) is 0 Å². The summed E-state index contributed by atoms with van der Waals surface area (Å²) in [5, 5.41) is 4.56. The van der Waals surface area contributed by atoms with E-state index in [-0.39, 0.29) is 6.04 Å². The lowest BCUT2D eigenvalue weighted by atomic mass is 9.98. The highest BCUT2D eigenvalue weighted by atomic mass is 79.9. The Kier molecular flexibility index (Phi) is 4.52. The third kappa shape index (κ3) is 2.96. The van der Waals surface area contributed by atoms with E-state index in [0.717, 1.165) is 23.1 Å². The van der Waals surface area contributed by atoms with Crippen molar-refractivity contribution in [2.24, 2.45) is 5.73 Å². The number of hydrogen-bond donors (Lipinski definition) is 1. The molecule has 1 atom stereocenters. The third-order valence-electron chi connectivity index (χ3n) is 4.25. The smallest absolute Gasteiger partial charge is 0.0738 e. The topological polar surface area (TPSA) is 43.8 Å². The quantitative estimate of drug-likeness (QED) is 0.881. The van der Waals surface area contributed by atoms with Gasteiger partial charge in [-0.15, -0.1) is 11.3 Å². The number of hydrogen-bond acceptors (Lipinski definition) is 3. The number of aryl methyl sites for hydroxylation is 4. The maximum atomic E-state index is 6.49. The SMILES string of the molecule is CCn1nc(C)c(Br)c1CC(N)c1cc2c(s1)CCCC2. The lowest BCUT2D eigenvalue weighted by molar-refractivity contribution is 0.589. The molecule has 5 heteroatoms. The number of halogens is 1. The van der Waals surface area contributed by atoms with E-state index in [1.54, 1.807) is 4.88 Å². The van der Waals surface area contributed by atoms with Crippen molar-refractivity contribution in [1.29, 1.82) is 0 Å². The monoisotopic (exact) mass is 367 g/mol. The summed E-state index contributed by atoms with van der Waals surface area (Å²) in [6.07, 6.45) is 5.96. The summed E-state index contributed by atoms with van der Waals surface area (Å²) < 4.78 is 3.17.